The molecule has 0 saturated heterocycles. The van der Waals surface area contributed by atoms with Gasteiger partial charge in [0, 0.05) is 42.7 Å². The molecule has 164 valence electrons. The SMILES string of the molecule is CCC(=O)N(CC(=O)N(CCc1c[nH]c2ccccc12)Cc1ccc(F)cc1)C(C)C. The number of nitrogens with zero attached hydrogens (tertiary/aromatic N) is 2. The molecule has 2 aromatic carbocycles. The third kappa shape index (κ3) is 5.72. The lowest BCUT2D eigenvalue weighted by Crippen LogP contribution is -2.46. The van der Waals surface area contributed by atoms with Crippen molar-refractivity contribution >= 4 is 22.7 Å². The van der Waals surface area contributed by atoms with Crippen molar-refractivity contribution in [3.8, 4) is 0 Å². The van der Waals surface area contributed by atoms with Crippen molar-refractivity contribution in [1.29, 1.82) is 0 Å². The first kappa shape index (κ1) is 22.5. The molecule has 6 heteroatoms. The molecular formula is C25H30FN3O2. The molecule has 0 bridgehead atoms. The van der Waals surface area contributed by atoms with E-state index in [1.165, 1.54) is 12.1 Å². The number of hydrogen-bond acceptors (Lipinski definition) is 2. The van der Waals surface area contributed by atoms with E-state index >= 15 is 0 Å². The van der Waals surface area contributed by atoms with Gasteiger partial charge >= 0.3 is 0 Å². The Kier molecular flexibility index (Phi) is 7.45. The highest BCUT2D eigenvalue weighted by Gasteiger charge is 2.23. The first-order valence-electron chi connectivity index (χ1n) is 10.8. The van der Waals surface area contributed by atoms with Gasteiger partial charge in [-0.25, -0.2) is 4.39 Å². The second kappa shape index (κ2) is 10.2. The third-order valence-electron chi connectivity index (χ3n) is 5.52. The number of carbonyl (C=O) groups excluding carboxylic acids is 2. The van der Waals surface area contributed by atoms with E-state index in [1.54, 1.807) is 28.9 Å². The minimum absolute atomic E-state index is 0.0401. The molecular weight excluding hydrogens is 393 g/mol. The van der Waals surface area contributed by atoms with E-state index in [2.05, 4.69) is 11.1 Å². The van der Waals surface area contributed by atoms with Crippen molar-refractivity contribution in [2.45, 2.75) is 46.2 Å². The van der Waals surface area contributed by atoms with Crippen LogP contribution in [-0.4, -0.2) is 45.7 Å². The number of H-pyrrole nitrogens is 1. The molecule has 5 nitrogen and oxygen atoms in total. The number of nitrogens with one attached hydrogen (secondary N) is 1. The minimum Gasteiger partial charge on any atom is -0.361 e. The fourth-order valence-corrected chi connectivity index (χ4v) is 3.70. The minimum atomic E-state index is -0.306. The Morgan fingerprint density at radius 3 is 2.42 bits per heavy atom. The topological polar surface area (TPSA) is 56.4 Å². The number of fused-ring (bicyclic) bond motifs is 1. The van der Waals surface area contributed by atoms with Crippen LogP contribution in [0.4, 0.5) is 4.39 Å². The summed E-state index contributed by atoms with van der Waals surface area (Å²) in [6.07, 6.45) is 3.02. The molecule has 3 aromatic rings. The Hall–Kier alpha value is -3.15. The zero-order valence-electron chi connectivity index (χ0n) is 18.4. The summed E-state index contributed by atoms with van der Waals surface area (Å²) in [6.45, 7) is 6.54. The monoisotopic (exact) mass is 423 g/mol. The second-order valence-corrected chi connectivity index (χ2v) is 8.02. The van der Waals surface area contributed by atoms with Crippen LogP contribution in [0.2, 0.25) is 0 Å². The summed E-state index contributed by atoms with van der Waals surface area (Å²) in [5.41, 5.74) is 3.05. The number of amides is 2. The lowest BCUT2D eigenvalue weighted by Gasteiger charge is -2.30. The highest BCUT2D eigenvalue weighted by atomic mass is 19.1. The van der Waals surface area contributed by atoms with E-state index in [-0.39, 0.29) is 30.2 Å². The Bertz CT molecular complexity index is 1030. The Labute approximate surface area is 182 Å². The van der Waals surface area contributed by atoms with Gasteiger partial charge in [0.15, 0.2) is 0 Å². The summed E-state index contributed by atoms with van der Waals surface area (Å²) >= 11 is 0. The number of hydrogen-bond donors (Lipinski definition) is 1. The van der Waals surface area contributed by atoms with Gasteiger partial charge in [-0.15, -0.1) is 0 Å². The maximum absolute atomic E-state index is 13.3. The maximum Gasteiger partial charge on any atom is 0.242 e. The van der Waals surface area contributed by atoms with E-state index in [1.807, 2.05) is 38.2 Å². The summed E-state index contributed by atoms with van der Waals surface area (Å²) in [5.74, 6) is -0.457. The number of aromatic nitrogens is 1. The lowest BCUT2D eigenvalue weighted by molar-refractivity contribution is -0.142. The average molecular weight is 424 g/mol. The van der Waals surface area contributed by atoms with Crippen molar-refractivity contribution in [2.24, 2.45) is 0 Å². The van der Waals surface area contributed by atoms with Crippen LogP contribution in [0, 0.1) is 5.82 Å². The van der Waals surface area contributed by atoms with Gasteiger partial charge in [-0.2, -0.15) is 0 Å². The van der Waals surface area contributed by atoms with Crippen LogP contribution in [-0.2, 0) is 22.6 Å². The highest BCUT2D eigenvalue weighted by Crippen LogP contribution is 2.19. The molecule has 0 saturated carbocycles. The summed E-state index contributed by atoms with van der Waals surface area (Å²) in [4.78, 5) is 32.2. The molecule has 0 unspecified atom stereocenters. The third-order valence-corrected chi connectivity index (χ3v) is 5.52. The molecule has 0 aliphatic heterocycles. The molecule has 1 heterocycles. The van der Waals surface area contributed by atoms with Crippen LogP contribution in [0.3, 0.4) is 0 Å². The smallest absolute Gasteiger partial charge is 0.242 e. The summed E-state index contributed by atoms with van der Waals surface area (Å²) in [5, 5.41) is 1.14. The van der Waals surface area contributed by atoms with Gasteiger partial charge in [0.25, 0.3) is 0 Å². The van der Waals surface area contributed by atoms with Gasteiger partial charge in [-0.1, -0.05) is 37.3 Å². The van der Waals surface area contributed by atoms with Crippen molar-refractivity contribution < 1.29 is 14.0 Å². The number of benzene rings is 2. The predicted molar refractivity (Wildman–Crippen MR) is 121 cm³/mol. The fourth-order valence-electron chi connectivity index (χ4n) is 3.70. The van der Waals surface area contributed by atoms with Crippen LogP contribution >= 0.6 is 0 Å². The molecule has 0 aliphatic rings. The summed E-state index contributed by atoms with van der Waals surface area (Å²) in [7, 11) is 0. The quantitative estimate of drug-likeness (QED) is 0.550. The second-order valence-electron chi connectivity index (χ2n) is 8.02. The number of carbonyl (C=O) groups is 2. The van der Waals surface area contributed by atoms with Crippen LogP contribution in [0.1, 0.15) is 38.3 Å². The number of para-hydroxylation sites is 1. The zero-order chi connectivity index (χ0) is 22.4. The number of halogens is 1. The average Bonchev–Trinajstić information content (AvgIpc) is 3.18. The summed E-state index contributed by atoms with van der Waals surface area (Å²) in [6, 6.07) is 14.2. The van der Waals surface area contributed by atoms with E-state index in [9.17, 15) is 14.0 Å². The number of rotatable bonds is 9. The molecule has 0 radical (unpaired) electrons. The van der Waals surface area contributed by atoms with Crippen LogP contribution in [0.25, 0.3) is 10.9 Å². The van der Waals surface area contributed by atoms with E-state index in [0.717, 1.165) is 22.0 Å². The fraction of sp³-hybridized carbons (Fsp3) is 0.360. The van der Waals surface area contributed by atoms with Gasteiger partial charge in [0.1, 0.15) is 5.82 Å². The first-order valence-corrected chi connectivity index (χ1v) is 10.8. The van der Waals surface area contributed by atoms with E-state index in [0.29, 0.717) is 25.9 Å². The van der Waals surface area contributed by atoms with Gasteiger partial charge in [0.2, 0.25) is 11.8 Å². The molecule has 0 fully saturated rings. The predicted octanol–water partition coefficient (Wildman–Crippen LogP) is 4.53. The molecule has 0 atom stereocenters. The van der Waals surface area contributed by atoms with Gasteiger partial charge < -0.3 is 14.8 Å². The van der Waals surface area contributed by atoms with E-state index in [4.69, 9.17) is 0 Å². The standard InChI is InChI=1S/C25H30FN3O2/c1-4-24(30)29(18(2)3)17-25(31)28(16-19-9-11-21(26)12-10-19)14-13-20-15-27-23-8-6-5-7-22(20)23/h5-12,15,18,27H,4,13-14,16-17H2,1-3H3. The highest BCUT2D eigenvalue weighted by molar-refractivity contribution is 5.85. The summed E-state index contributed by atoms with van der Waals surface area (Å²) < 4.78 is 13.3. The first-order chi connectivity index (χ1) is 14.9. The van der Waals surface area contributed by atoms with Crippen LogP contribution in [0.15, 0.2) is 54.7 Å². The Balaban J connectivity index is 1.78. The van der Waals surface area contributed by atoms with Crippen LogP contribution < -0.4 is 0 Å². The number of aromatic amines is 1. The van der Waals surface area contributed by atoms with Gasteiger partial charge in [-0.05, 0) is 49.6 Å². The van der Waals surface area contributed by atoms with Crippen molar-refractivity contribution in [2.75, 3.05) is 13.1 Å². The van der Waals surface area contributed by atoms with Gasteiger partial charge in [-0.3, -0.25) is 9.59 Å². The molecule has 31 heavy (non-hydrogen) atoms. The lowest BCUT2D eigenvalue weighted by atomic mass is 10.1. The molecule has 1 N–H and O–H groups in total. The largest absolute Gasteiger partial charge is 0.361 e. The molecule has 2 amide bonds. The zero-order valence-corrected chi connectivity index (χ0v) is 18.4. The maximum atomic E-state index is 13.3. The molecule has 0 aliphatic carbocycles. The van der Waals surface area contributed by atoms with Gasteiger partial charge in [0.05, 0.1) is 6.54 Å². The normalized spacial score (nSPS) is 11.1. The molecule has 3 rings (SSSR count). The van der Waals surface area contributed by atoms with Crippen LogP contribution in [0.5, 0.6) is 0 Å². The Morgan fingerprint density at radius 2 is 1.74 bits per heavy atom. The van der Waals surface area contributed by atoms with Crippen molar-refractivity contribution in [3.63, 3.8) is 0 Å². The Morgan fingerprint density at radius 1 is 1.03 bits per heavy atom. The molecule has 0 spiro atoms. The van der Waals surface area contributed by atoms with Crippen molar-refractivity contribution in [1.82, 2.24) is 14.8 Å². The van der Waals surface area contributed by atoms with Crippen molar-refractivity contribution in [3.05, 3.63) is 71.7 Å². The molecule has 1 aromatic heterocycles. The van der Waals surface area contributed by atoms with E-state index < -0.39 is 0 Å².